The summed E-state index contributed by atoms with van der Waals surface area (Å²) in [6.45, 7) is 8.09. The highest BCUT2D eigenvalue weighted by Crippen LogP contribution is 2.32. The minimum atomic E-state index is -0.680. The summed E-state index contributed by atoms with van der Waals surface area (Å²) in [5.74, 6) is 0.977. The molecule has 15 heteroatoms. The van der Waals surface area contributed by atoms with Crippen molar-refractivity contribution in [3.8, 4) is 5.75 Å². The van der Waals surface area contributed by atoms with E-state index in [1.165, 1.54) is 16.2 Å². The average Bonchev–Trinajstić information content (AvgIpc) is 3.44. The van der Waals surface area contributed by atoms with Gasteiger partial charge in [-0.3, -0.25) is 28.8 Å². The van der Waals surface area contributed by atoms with Crippen LogP contribution >= 0.6 is 11.8 Å². The van der Waals surface area contributed by atoms with Gasteiger partial charge in [-0.25, -0.2) is 14.2 Å². The third-order valence-corrected chi connectivity index (χ3v) is 13.4. The predicted molar refractivity (Wildman–Crippen MR) is 209 cm³/mol. The molecule has 1 unspecified atom stereocenters. The lowest BCUT2D eigenvalue weighted by atomic mass is 9.89. The van der Waals surface area contributed by atoms with Crippen LogP contribution in [-0.4, -0.2) is 105 Å². The second-order valence-electron chi connectivity index (χ2n) is 15.6. The number of imide groups is 1. The number of rotatable bonds is 11. The summed E-state index contributed by atoms with van der Waals surface area (Å²) in [7, 11) is 1.74. The number of carbonyl (C=O) groups is 2. The van der Waals surface area contributed by atoms with Crippen LogP contribution in [0.25, 0.3) is 21.9 Å². The van der Waals surface area contributed by atoms with Gasteiger partial charge in [0.05, 0.1) is 28.9 Å². The molecule has 4 aliphatic heterocycles. The first-order valence-electron chi connectivity index (χ1n) is 19.7. The van der Waals surface area contributed by atoms with Gasteiger partial charge in [0.15, 0.2) is 0 Å². The van der Waals surface area contributed by atoms with Crippen LogP contribution in [0.15, 0.2) is 39.9 Å². The van der Waals surface area contributed by atoms with Crippen molar-refractivity contribution in [1.82, 2.24) is 34.2 Å². The standard InChI is InChI=1S/C40H50FN7O6S/c1-45-34-20-27(2-3-32(34)48(40(45)52)33-4-5-36(49)44-38(33)50)26-8-14-47(15-9-26)17-16-46-12-6-25(7-13-46)23-54-28-21-30(41)37-31(22-28)42-35(43-39(37)51)24-55-29-10-18-53-19-11-29/h2-3,20-22,25-26,29,33H,4-19,23-24H2,1H3,(H,42,43,51)(H,44,49,50). The molecule has 0 aliphatic carbocycles. The Morgan fingerprint density at radius 2 is 1.64 bits per heavy atom. The molecule has 4 aliphatic rings. The van der Waals surface area contributed by atoms with Crippen LogP contribution in [0.3, 0.4) is 0 Å². The van der Waals surface area contributed by atoms with Gasteiger partial charge in [0.25, 0.3) is 5.56 Å². The van der Waals surface area contributed by atoms with Crippen LogP contribution in [0.1, 0.15) is 74.7 Å². The predicted octanol–water partition coefficient (Wildman–Crippen LogP) is 4.08. The first-order chi connectivity index (χ1) is 26.7. The first kappa shape index (κ1) is 37.9. The zero-order valence-corrected chi connectivity index (χ0v) is 32.2. The molecule has 0 saturated carbocycles. The average molecular weight is 776 g/mol. The third-order valence-electron chi connectivity index (χ3n) is 12.0. The number of fused-ring (bicyclic) bond motifs is 2. The Labute approximate surface area is 322 Å². The Balaban J connectivity index is 0.786. The molecule has 1 atom stereocenters. The van der Waals surface area contributed by atoms with Crippen molar-refractivity contribution < 1.29 is 23.5 Å². The second kappa shape index (κ2) is 16.6. The summed E-state index contributed by atoms with van der Waals surface area (Å²) in [6.07, 6.45) is 6.62. The highest BCUT2D eigenvalue weighted by Gasteiger charge is 2.32. The van der Waals surface area contributed by atoms with Gasteiger partial charge in [0.1, 0.15) is 28.8 Å². The Kier molecular flexibility index (Phi) is 11.4. The molecule has 0 bridgehead atoms. The summed E-state index contributed by atoms with van der Waals surface area (Å²) < 4.78 is 29.7. The van der Waals surface area contributed by atoms with Crippen molar-refractivity contribution in [3.05, 3.63) is 68.4 Å². The van der Waals surface area contributed by atoms with Gasteiger partial charge >= 0.3 is 5.69 Å². The molecule has 55 heavy (non-hydrogen) atoms. The molecule has 8 rings (SSSR count). The van der Waals surface area contributed by atoms with Gasteiger partial charge in [-0.15, -0.1) is 0 Å². The summed E-state index contributed by atoms with van der Waals surface area (Å²) >= 11 is 1.75. The quantitative estimate of drug-likeness (QED) is 0.214. The van der Waals surface area contributed by atoms with Crippen molar-refractivity contribution in [1.29, 1.82) is 0 Å². The maximum atomic E-state index is 15.0. The number of nitrogens with zero attached hydrogens (tertiary/aromatic N) is 5. The Bertz CT molecular complexity index is 2160. The number of halogens is 1. The number of H-pyrrole nitrogens is 1. The van der Waals surface area contributed by atoms with Gasteiger partial charge in [-0.1, -0.05) is 6.07 Å². The number of imidazole rings is 1. The summed E-state index contributed by atoms with van der Waals surface area (Å²) in [4.78, 5) is 62.6. The van der Waals surface area contributed by atoms with Gasteiger partial charge < -0.3 is 24.3 Å². The summed E-state index contributed by atoms with van der Waals surface area (Å²) in [5, 5.41) is 2.81. The fourth-order valence-corrected chi connectivity index (χ4v) is 9.72. The number of carbonyl (C=O) groups excluding carboxylic acids is 2. The fourth-order valence-electron chi connectivity index (χ4n) is 8.67. The lowest BCUT2D eigenvalue weighted by Gasteiger charge is -2.36. The topological polar surface area (TPSA) is 144 Å². The van der Waals surface area contributed by atoms with E-state index in [0.29, 0.717) is 53.0 Å². The van der Waals surface area contributed by atoms with Crippen molar-refractivity contribution in [2.45, 2.75) is 74.3 Å². The number of benzene rings is 2. The number of aromatic amines is 1. The fraction of sp³-hybridized carbons (Fsp3) is 0.575. The molecule has 0 spiro atoms. The van der Waals surface area contributed by atoms with Crippen LogP contribution in [0, 0.1) is 11.7 Å². The number of thioether (sulfide) groups is 1. The zero-order chi connectivity index (χ0) is 38.1. The first-order valence-corrected chi connectivity index (χ1v) is 20.8. The van der Waals surface area contributed by atoms with Crippen molar-refractivity contribution in [2.75, 3.05) is 59.1 Å². The van der Waals surface area contributed by atoms with E-state index in [1.54, 1.807) is 29.4 Å². The number of nitrogens with one attached hydrogen (secondary N) is 2. The van der Waals surface area contributed by atoms with Gasteiger partial charge in [-0.2, -0.15) is 11.8 Å². The SMILES string of the molecule is Cn1c(=O)n(C2CCC(=O)NC2=O)c2ccc(C3CCN(CCN4CCC(COc5cc(F)c6c(=O)[nH]c(CSC7CCOCC7)nc6c5)CC4)CC3)cc21. The molecule has 2 aromatic carbocycles. The summed E-state index contributed by atoms with van der Waals surface area (Å²) in [5.41, 5.74) is 2.38. The largest absolute Gasteiger partial charge is 0.493 e. The zero-order valence-electron chi connectivity index (χ0n) is 31.4. The molecule has 2 N–H and O–H groups in total. The highest BCUT2D eigenvalue weighted by molar-refractivity contribution is 7.99. The molecular formula is C40H50FN7O6S. The Hall–Kier alpha value is -4.05. The van der Waals surface area contributed by atoms with E-state index in [1.807, 2.05) is 6.07 Å². The molecule has 4 saturated heterocycles. The van der Waals surface area contributed by atoms with Crippen LogP contribution in [0.5, 0.6) is 5.75 Å². The third kappa shape index (κ3) is 8.40. The van der Waals surface area contributed by atoms with Gasteiger partial charge in [-0.05, 0) is 101 Å². The van der Waals surface area contributed by atoms with Crippen molar-refractivity contribution in [2.24, 2.45) is 13.0 Å². The van der Waals surface area contributed by atoms with Gasteiger partial charge in [0, 0.05) is 57.2 Å². The second-order valence-corrected chi connectivity index (χ2v) is 16.9. The van der Waals surface area contributed by atoms with Gasteiger partial charge in [0.2, 0.25) is 11.8 Å². The van der Waals surface area contributed by atoms with E-state index in [2.05, 4.69) is 37.2 Å². The van der Waals surface area contributed by atoms with Crippen molar-refractivity contribution in [3.63, 3.8) is 0 Å². The van der Waals surface area contributed by atoms with E-state index < -0.39 is 23.3 Å². The molecule has 294 valence electrons. The number of ether oxygens (including phenoxy) is 2. The number of piperidine rings is 3. The van der Waals surface area contributed by atoms with Crippen LogP contribution < -0.4 is 21.3 Å². The van der Waals surface area contributed by atoms with Crippen LogP contribution in [0.2, 0.25) is 0 Å². The van der Waals surface area contributed by atoms with E-state index in [-0.39, 0.29) is 23.4 Å². The lowest BCUT2D eigenvalue weighted by molar-refractivity contribution is -0.135. The minimum Gasteiger partial charge on any atom is -0.493 e. The van der Waals surface area contributed by atoms with E-state index in [9.17, 15) is 19.2 Å². The molecule has 4 fully saturated rings. The number of aromatic nitrogens is 4. The summed E-state index contributed by atoms with van der Waals surface area (Å²) in [6, 6.07) is 8.47. The molecule has 2 amide bonds. The van der Waals surface area contributed by atoms with E-state index in [4.69, 9.17) is 9.47 Å². The lowest BCUT2D eigenvalue weighted by Crippen LogP contribution is -2.44. The smallest absolute Gasteiger partial charge is 0.329 e. The number of aryl methyl sites for hydroxylation is 1. The highest BCUT2D eigenvalue weighted by atomic mass is 32.2. The Morgan fingerprint density at radius 3 is 2.36 bits per heavy atom. The molecular weight excluding hydrogens is 726 g/mol. The monoisotopic (exact) mass is 775 g/mol. The number of amides is 2. The molecule has 6 heterocycles. The molecule has 4 aromatic rings. The van der Waals surface area contributed by atoms with Crippen molar-refractivity contribution >= 4 is 45.5 Å². The normalized spacial score (nSPS) is 21.5. The molecule has 13 nitrogen and oxygen atoms in total. The van der Waals surface area contributed by atoms with Crippen LogP contribution in [0.4, 0.5) is 4.39 Å². The van der Waals surface area contributed by atoms with E-state index >= 15 is 4.39 Å². The van der Waals surface area contributed by atoms with E-state index in [0.717, 1.165) is 102 Å². The minimum absolute atomic E-state index is 0.0291. The molecule has 0 radical (unpaired) electrons. The maximum Gasteiger partial charge on any atom is 0.329 e. The number of likely N-dealkylation sites (tertiary alicyclic amines) is 2. The maximum absolute atomic E-state index is 15.0. The number of hydrogen-bond donors (Lipinski definition) is 2. The van der Waals surface area contributed by atoms with Crippen LogP contribution in [-0.2, 0) is 27.1 Å². The molecule has 2 aromatic heterocycles. The number of hydrogen-bond acceptors (Lipinski definition) is 10. The Morgan fingerprint density at radius 1 is 0.909 bits per heavy atom.